The molecule has 6 heteroatoms. The van der Waals surface area contributed by atoms with Gasteiger partial charge in [0.05, 0.1) is 13.2 Å². The van der Waals surface area contributed by atoms with Crippen molar-refractivity contribution in [3.63, 3.8) is 0 Å². The van der Waals surface area contributed by atoms with E-state index < -0.39 is 11.9 Å². The molecule has 1 aliphatic heterocycles. The van der Waals surface area contributed by atoms with Crippen molar-refractivity contribution in [2.45, 2.75) is 13.5 Å². The zero-order valence-electron chi connectivity index (χ0n) is 13.7. The molecule has 0 unspecified atom stereocenters. The van der Waals surface area contributed by atoms with Gasteiger partial charge in [0, 0.05) is 5.56 Å². The van der Waals surface area contributed by atoms with Crippen LogP contribution in [0.15, 0.2) is 54.2 Å². The van der Waals surface area contributed by atoms with Gasteiger partial charge < -0.3 is 10.1 Å². The summed E-state index contributed by atoms with van der Waals surface area (Å²) >= 11 is 0. The maximum Gasteiger partial charge on any atom is 0.329 e. The SMILES string of the molecule is CCOc1ccccc1/C=C1/NC(=O)N(Cc2ccc(F)cc2)C1=O. The first-order valence-corrected chi connectivity index (χ1v) is 7.89. The Bertz CT molecular complexity index is 831. The smallest absolute Gasteiger partial charge is 0.329 e. The number of carbonyl (C=O) groups is 2. The Morgan fingerprint density at radius 3 is 2.56 bits per heavy atom. The highest BCUT2D eigenvalue weighted by molar-refractivity contribution is 6.14. The topological polar surface area (TPSA) is 58.6 Å². The van der Waals surface area contributed by atoms with Gasteiger partial charge in [0.15, 0.2) is 0 Å². The lowest BCUT2D eigenvalue weighted by molar-refractivity contribution is -0.123. The van der Waals surface area contributed by atoms with Gasteiger partial charge in [-0.3, -0.25) is 9.69 Å². The Morgan fingerprint density at radius 1 is 1.12 bits per heavy atom. The molecule has 0 atom stereocenters. The van der Waals surface area contributed by atoms with E-state index in [4.69, 9.17) is 4.74 Å². The number of benzene rings is 2. The van der Waals surface area contributed by atoms with E-state index in [1.807, 2.05) is 19.1 Å². The van der Waals surface area contributed by atoms with E-state index in [1.165, 1.54) is 12.1 Å². The number of carbonyl (C=O) groups excluding carboxylic acids is 2. The number of ether oxygens (including phenoxy) is 1. The van der Waals surface area contributed by atoms with Crippen molar-refractivity contribution in [2.24, 2.45) is 0 Å². The van der Waals surface area contributed by atoms with Crippen molar-refractivity contribution in [1.82, 2.24) is 10.2 Å². The average molecular weight is 340 g/mol. The molecule has 0 spiro atoms. The molecular formula is C19H17FN2O3. The van der Waals surface area contributed by atoms with Gasteiger partial charge in [-0.05, 0) is 36.8 Å². The predicted molar refractivity (Wildman–Crippen MR) is 91.1 cm³/mol. The molecule has 1 fully saturated rings. The van der Waals surface area contributed by atoms with Gasteiger partial charge in [-0.1, -0.05) is 30.3 Å². The van der Waals surface area contributed by atoms with Crippen LogP contribution >= 0.6 is 0 Å². The Labute approximate surface area is 144 Å². The highest BCUT2D eigenvalue weighted by Crippen LogP contribution is 2.23. The molecule has 5 nitrogen and oxygen atoms in total. The Hall–Kier alpha value is -3.15. The minimum Gasteiger partial charge on any atom is -0.493 e. The zero-order valence-corrected chi connectivity index (χ0v) is 13.7. The lowest BCUT2D eigenvalue weighted by Gasteiger charge is -2.11. The van der Waals surface area contributed by atoms with Gasteiger partial charge in [-0.2, -0.15) is 0 Å². The van der Waals surface area contributed by atoms with E-state index in [-0.39, 0.29) is 18.1 Å². The number of para-hydroxylation sites is 1. The normalized spacial score (nSPS) is 15.6. The van der Waals surface area contributed by atoms with Crippen LogP contribution in [-0.2, 0) is 11.3 Å². The summed E-state index contributed by atoms with van der Waals surface area (Å²) in [5.74, 6) is -0.161. The van der Waals surface area contributed by atoms with Gasteiger partial charge in [0.25, 0.3) is 5.91 Å². The number of nitrogens with zero attached hydrogens (tertiary/aromatic N) is 1. The van der Waals surface area contributed by atoms with Crippen LogP contribution in [0.4, 0.5) is 9.18 Å². The third kappa shape index (κ3) is 3.68. The largest absolute Gasteiger partial charge is 0.493 e. The van der Waals surface area contributed by atoms with Crippen LogP contribution in [0.2, 0.25) is 0 Å². The summed E-state index contributed by atoms with van der Waals surface area (Å²) in [5.41, 5.74) is 1.55. The molecule has 2 aromatic carbocycles. The van der Waals surface area contributed by atoms with Crippen LogP contribution in [0, 0.1) is 5.82 Å². The minimum absolute atomic E-state index is 0.0788. The first-order valence-electron chi connectivity index (χ1n) is 7.89. The van der Waals surface area contributed by atoms with E-state index in [0.29, 0.717) is 23.5 Å². The second-order valence-electron chi connectivity index (χ2n) is 5.48. The van der Waals surface area contributed by atoms with Crippen LogP contribution < -0.4 is 10.1 Å². The fourth-order valence-corrected chi connectivity index (χ4v) is 2.53. The molecule has 1 heterocycles. The molecule has 3 amide bonds. The first kappa shape index (κ1) is 16.7. The van der Waals surface area contributed by atoms with Crippen molar-refractivity contribution in [2.75, 3.05) is 6.61 Å². The molecule has 1 aliphatic rings. The number of imide groups is 1. The van der Waals surface area contributed by atoms with Crippen LogP contribution in [0.25, 0.3) is 6.08 Å². The molecule has 3 rings (SSSR count). The molecular weight excluding hydrogens is 323 g/mol. The van der Waals surface area contributed by atoms with E-state index in [1.54, 1.807) is 30.3 Å². The molecule has 1 N–H and O–H groups in total. The van der Waals surface area contributed by atoms with Gasteiger partial charge >= 0.3 is 6.03 Å². The summed E-state index contributed by atoms with van der Waals surface area (Å²) in [6, 6.07) is 12.4. The maximum absolute atomic E-state index is 13.0. The molecule has 1 saturated heterocycles. The quantitative estimate of drug-likeness (QED) is 0.671. The Balaban J connectivity index is 1.82. The molecule has 25 heavy (non-hydrogen) atoms. The summed E-state index contributed by atoms with van der Waals surface area (Å²) < 4.78 is 18.5. The maximum atomic E-state index is 13.0. The van der Waals surface area contributed by atoms with Crippen LogP contribution in [0.3, 0.4) is 0 Å². The van der Waals surface area contributed by atoms with Crippen LogP contribution in [0.5, 0.6) is 5.75 Å². The van der Waals surface area contributed by atoms with Crippen LogP contribution in [0.1, 0.15) is 18.1 Å². The lowest BCUT2D eigenvalue weighted by atomic mass is 10.1. The molecule has 0 radical (unpaired) electrons. The van der Waals surface area contributed by atoms with E-state index >= 15 is 0 Å². The third-order valence-electron chi connectivity index (χ3n) is 3.73. The number of rotatable bonds is 5. The summed E-state index contributed by atoms with van der Waals surface area (Å²) in [4.78, 5) is 25.7. The second kappa shape index (κ2) is 7.17. The second-order valence-corrected chi connectivity index (χ2v) is 5.48. The first-order chi connectivity index (χ1) is 12.1. The van der Waals surface area contributed by atoms with E-state index in [2.05, 4.69) is 5.32 Å². The highest BCUT2D eigenvalue weighted by Gasteiger charge is 2.33. The van der Waals surface area contributed by atoms with Crippen molar-refractivity contribution in [3.05, 3.63) is 71.2 Å². The number of hydrogen-bond donors (Lipinski definition) is 1. The number of halogens is 1. The monoisotopic (exact) mass is 340 g/mol. The fourth-order valence-electron chi connectivity index (χ4n) is 2.53. The average Bonchev–Trinajstić information content (AvgIpc) is 2.86. The van der Waals surface area contributed by atoms with E-state index in [0.717, 1.165) is 4.90 Å². The van der Waals surface area contributed by atoms with Gasteiger partial charge in [0.1, 0.15) is 17.3 Å². The van der Waals surface area contributed by atoms with Gasteiger partial charge in [-0.25, -0.2) is 9.18 Å². The number of hydrogen-bond acceptors (Lipinski definition) is 3. The van der Waals surface area contributed by atoms with Crippen molar-refractivity contribution in [3.8, 4) is 5.75 Å². The molecule has 0 aromatic heterocycles. The minimum atomic E-state index is -0.505. The van der Waals surface area contributed by atoms with Crippen molar-refractivity contribution >= 4 is 18.0 Å². The van der Waals surface area contributed by atoms with E-state index in [9.17, 15) is 14.0 Å². The third-order valence-corrected chi connectivity index (χ3v) is 3.73. The van der Waals surface area contributed by atoms with Crippen molar-refractivity contribution < 1.29 is 18.7 Å². The Kier molecular flexibility index (Phi) is 4.79. The standard InChI is InChI=1S/C19H17FN2O3/c1-2-25-17-6-4-3-5-14(17)11-16-18(23)22(19(24)21-16)12-13-7-9-15(20)10-8-13/h3-11H,2,12H2,1H3,(H,21,24)/b16-11+. The van der Waals surface area contributed by atoms with Crippen LogP contribution in [-0.4, -0.2) is 23.4 Å². The molecule has 128 valence electrons. The zero-order chi connectivity index (χ0) is 17.8. The summed E-state index contributed by atoms with van der Waals surface area (Å²) in [6.07, 6.45) is 1.59. The summed E-state index contributed by atoms with van der Waals surface area (Å²) in [5, 5.41) is 2.57. The van der Waals surface area contributed by atoms with Gasteiger partial charge in [0.2, 0.25) is 0 Å². The number of urea groups is 1. The summed E-state index contributed by atoms with van der Waals surface area (Å²) in [7, 11) is 0. The number of nitrogens with one attached hydrogen (secondary N) is 1. The van der Waals surface area contributed by atoms with Crippen molar-refractivity contribution in [1.29, 1.82) is 0 Å². The highest BCUT2D eigenvalue weighted by atomic mass is 19.1. The molecule has 2 aromatic rings. The predicted octanol–water partition coefficient (Wildman–Crippen LogP) is 3.32. The Morgan fingerprint density at radius 2 is 1.84 bits per heavy atom. The molecule has 0 saturated carbocycles. The molecule has 0 aliphatic carbocycles. The summed E-state index contributed by atoms with van der Waals surface area (Å²) in [6.45, 7) is 2.45. The lowest BCUT2D eigenvalue weighted by Crippen LogP contribution is -2.30. The number of amides is 3. The van der Waals surface area contributed by atoms with Gasteiger partial charge in [-0.15, -0.1) is 0 Å². The fraction of sp³-hybridized carbons (Fsp3) is 0.158. The molecule has 0 bridgehead atoms.